The molecule has 2 saturated heterocycles. The second kappa shape index (κ2) is 14.7. The van der Waals surface area contributed by atoms with Crippen molar-refractivity contribution in [2.45, 2.75) is 81.7 Å². The van der Waals surface area contributed by atoms with Crippen molar-refractivity contribution in [2.24, 2.45) is 7.05 Å². The number of hydrogen-bond donors (Lipinski definition) is 2. The number of pyridine rings is 2. The average molecular weight is 901 g/mol. The fraction of sp³-hybridized carbons (Fsp3) is 0.478. The van der Waals surface area contributed by atoms with Crippen LogP contribution in [0.3, 0.4) is 0 Å². The molecule has 0 radical (unpaired) electrons. The SMILES string of the molecule is Cc1cc(-c2cnn(C)c2)ncc1Nc1ncc2c(n1)N(C1CCS(C)(C)C1)C(=O)C21CC1.Cc1cc2ncnn2cc1Nc1ncc2c(n1)N(C1CCS(C)(C)CC1)C(=O)C21CC1. The molecule has 0 bridgehead atoms. The molecule has 0 aromatic carbocycles. The normalized spacial score (nSPS) is 22.9. The largest absolute Gasteiger partial charge is 0.323 e. The van der Waals surface area contributed by atoms with Gasteiger partial charge in [-0.3, -0.25) is 29.1 Å². The molecule has 6 aliphatic rings. The Hall–Kier alpha value is -5.62. The van der Waals surface area contributed by atoms with Crippen LogP contribution in [0.1, 0.15) is 67.2 Å². The van der Waals surface area contributed by atoms with Crippen LogP contribution < -0.4 is 20.4 Å². The second-order valence-electron chi connectivity index (χ2n) is 19.8. The van der Waals surface area contributed by atoms with Gasteiger partial charge in [0.15, 0.2) is 5.65 Å². The van der Waals surface area contributed by atoms with Crippen molar-refractivity contribution in [3.8, 4) is 11.3 Å². The summed E-state index contributed by atoms with van der Waals surface area (Å²) < 4.78 is 3.49. The Labute approximate surface area is 376 Å². The minimum absolute atomic E-state index is 0.240. The highest BCUT2D eigenvalue weighted by molar-refractivity contribution is 8.33. The summed E-state index contributed by atoms with van der Waals surface area (Å²) in [5, 5.41) is 15.1. The van der Waals surface area contributed by atoms with E-state index < -0.39 is 20.1 Å². The monoisotopic (exact) mass is 900 g/mol. The van der Waals surface area contributed by atoms with E-state index in [1.54, 1.807) is 9.20 Å². The van der Waals surface area contributed by atoms with Gasteiger partial charge in [-0.05, 0) is 130 Å². The molecule has 10 heterocycles. The Morgan fingerprint density at radius 3 is 1.80 bits per heavy atom. The molecule has 12 rings (SSSR count). The summed E-state index contributed by atoms with van der Waals surface area (Å²) >= 11 is 0. The number of anilines is 6. The molecule has 64 heavy (non-hydrogen) atoms. The van der Waals surface area contributed by atoms with Gasteiger partial charge in [-0.15, -0.1) is 0 Å². The number of nitrogens with one attached hydrogen (secondary N) is 2. The highest BCUT2D eigenvalue weighted by Crippen LogP contribution is 2.60. The number of aromatic nitrogens is 10. The Kier molecular flexibility index (Phi) is 9.44. The summed E-state index contributed by atoms with van der Waals surface area (Å²) in [4.78, 5) is 58.8. The maximum Gasteiger partial charge on any atom is 0.239 e. The zero-order valence-corrected chi connectivity index (χ0v) is 39.3. The number of rotatable bonds is 7. The van der Waals surface area contributed by atoms with Crippen molar-refractivity contribution < 1.29 is 9.59 Å². The van der Waals surface area contributed by atoms with Crippen LogP contribution in [0.15, 0.2) is 55.6 Å². The van der Waals surface area contributed by atoms with Crippen molar-refractivity contribution in [2.75, 3.05) is 68.5 Å². The first-order valence-electron chi connectivity index (χ1n) is 22.2. The topological polar surface area (TPSA) is 177 Å². The lowest BCUT2D eigenvalue weighted by Gasteiger charge is -2.42. The van der Waals surface area contributed by atoms with E-state index >= 15 is 0 Å². The van der Waals surface area contributed by atoms with Gasteiger partial charge < -0.3 is 10.6 Å². The molecule has 2 aliphatic carbocycles. The lowest BCUT2D eigenvalue weighted by molar-refractivity contribution is -0.121. The third kappa shape index (κ3) is 6.98. The minimum atomic E-state index is -0.633. The number of nitrogens with zero attached hydrogens (tertiary/aromatic N) is 12. The predicted octanol–water partition coefficient (Wildman–Crippen LogP) is 6.71. The van der Waals surface area contributed by atoms with Crippen LogP contribution in [0.25, 0.3) is 16.9 Å². The summed E-state index contributed by atoms with van der Waals surface area (Å²) in [6.45, 7) is 4.06. The summed E-state index contributed by atoms with van der Waals surface area (Å²) in [5.41, 5.74) is 7.77. The first kappa shape index (κ1) is 41.1. The molecule has 16 nitrogen and oxygen atoms in total. The molecule has 2 spiro atoms. The van der Waals surface area contributed by atoms with Crippen LogP contribution in [0.2, 0.25) is 0 Å². The van der Waals surface area contributed by atoms with Gasteiger partial charge in [-0.2, -0.15) is 20.2 Å². The van der Waals surface area contributed by atoms with Crippen LogP contribution in [-0.4, -0.2) is 121 Å². The van der Waals surface area contributed by atoms with Crippen molar-refractivity contribution in [3.05, 3.63) is 77.9 Å². The molecule has 6 aromatic heterocycles. The smallest absolute Gasteiger partial charge is 0.239 e. The number of carbonyl (C=O) groups is 2. The van der Waals surface area contributed by atoms with Crippen molar-refractivity contribution >= 4 is 72.4 Å². The van der Waals surface area contributed by atoms with Crippen LogP contribution in [-0.2, 0) is 27.5 Å². The van der Waals surface area contributed by atoms with E-state index in [2.05, 4.69) is 65.8 Å². The fourth-order valence-corrected chi connectivity index (χ4v) is 14.6. The van der Waals surface area contributed by atoms with Gasteiger partial charge >= 0.3 is 0 Å². The van der Waals surface area contributed by atoms with E-state index in [4.69, 9.17) is 9.97 Å². The maximum absolute atomic E-state index is 13.5. The number of aryl methyl sites for hydroxylation is 3. The van der Waals surface area contributed by atoms with Gasteiger partial charge in [0.25, 0.3) is 0 Å². The fourth-order valence-electron chi connectivity index (χ4n) is 10.2. The van der Waals surface area contributed by atoms with E-state index in [1.807, 2.05) is 80.0 Å². The lowest BCUT2D eigenvalue weighted by Crippen LogP contribution is -2.44. The van der Waals surface area contributed by atoms with Gasteiger partial charge in [0, 0.05) is 54.4 Å². The molecule has 1 unspecified atom stereocenters. The highest BCUT2D eigenvalue weighted by Gasteiger charge is 2.63. The molecule has 6 aromatic rings. The molecular weight excluding hydrogens is 845 g/mol. The molecule has 334 valence electrons. The molecule has 18 heteroatoms. The van der Waals surface area contributed by atoms with E-state index in [0.717, 1.165) is 113 Å². The predicted molar refractivity (Wildman–Crippen MR) is 256 cm³/mol. The highest BCUT2D eigenvalue weighted by atomic mass is 32.3. The van der Waals surface area contributed by atoms with Crippen LogP contribution in [0.5, 0.6) is 0 Å². The lowest BCUT2D eigenvalue weighted by atomic mass is 10.0. The minimum Gasteiger partial charge on any atom is -0.323 e. The molecule has 2 amide bonds. The Bertz CT molecular complexity index is 2870. The molecule has 2 N–H and O–H groups in total. The summed E-state index contributed by atoms with van der Waals surface area (Å²) in [6.07, 6.45) is 29.1. The summed E-state index contributed by atoms with van der Waals surface area (Å²) in [7, 11) is 0.745. The molecule has 2 saturated carbocycles. The third-order valence-corrected chi connectivity index (χ3v) is 19.7. The Morgan fingerprint density at radius 2 is 1.23 bits per heavy atom. The van der Waals surface area contributed by atoms with E-state index in [9.17, 15) is 9.59 Å². The quantitative estimate of drug-likeness (QED) is 0.173. The van der Waals surface area contributed by atoms with E-state index in [1.165, 1.54) is 23.6 Å². The molecule has 4 fully saturated rings. The molecular formula is C46H56N14O2S2. The number of fused-ring (bicyclic) bond motifs is 5. The number of hydrogen-bond acceptors (Lipinski definition) is 12. The Morgan fingerprint density at radius 1 is 0.656 bits per heavy atom. The zero-order valence-electron chi connectivity index (χ0n) is 37.6. The first-order valence-corrected chi connectivity index (χ1v) is 27.8. The van der Waals surface area contributed by atoms with Gasteiger partial charge in [0.1, 0.15) is 18.0 Å². The zero-order chi connectivity index (χ0) is 44.3. The van der Waals surface area contributed by atoms with Gasteiger partial charge in [0.05, 0.1) is 46.5 Å². The van der Waals surface area contributed by atoms with Crippen molar-refractivity contribution in [1.82, 2.24) is 49.3 Å². The van der Waals surface area contributed by atoms with Crippen molar-refractivity contribution in [1.29, 1.82) is 0 Å². The average Bonchev–Trinajstić information content (AvgIpc) is 4.04. The number of amides is 2. The summed E-state index contributed by atoms with van der Waals surface area (Å²) in [6, 6.07) is 4.52. The standard InChI is InChI=1S/C24H29N7OS.C22H27N7OS/c1-15-9-19(16-10-27-30(2)13-16)25-12-20(15)28-23-26-11-18-21(29-23)31(22(32)24(18)6-7-24)17-5-8-33(3,4)14-17;1-14-10-18-24-13-25-28(18)12-17(14)26-21-23-11-16-19(27-21)29(20(30)22(16)6-7-22)15-4-8-31(2,3)9-5-15/h9-13,17H,5-8,14H2,1-4H3,(H,26,28,29);10-13,15H,4-9H2,1-3H3,(H,23,26,27). The molecule has 4 aliphatic heterocycles. The maximum atomic E-state index is 13.5. The van der Waals surface area contributed by atoms with E-state index in [0.29, 0.717) is 11.9 Å². The third-order valence-electron chi connectivity index (χ3n) is 14.4. The summed E-state index contributed by atoms with van der Waals surface area (Å²) in [5.74, 6) is 7.89. The molecule has 1 atom stereocenters. The van der Waals surface area contributed by atoms with Gasteiger partial charge in [-0.1, -0.05) is 0 Å². The van der Waals surface area contributed by atoms with Crippen LogP contribution in [0.4, 0.5) is 34.9 Å². The van der Waals surface area contributed by atoms with Crippen LogP contribution in [0, 0.1) is 13.8 Å². The van der Waals surface area contributed by atoms with Crippen LogP contribution >= 0.6 is 20.1 Å². The van der Waals surface area contributed by atoms with Crippen molar-refractivity contribution in [3.63, 3.8) is 0 Å². The van der Waals surface area contributed by atoms with Gasteiger partial charge in [0.2, 0.25) is 23.7 Å². The second-order valence-corrected chi connectivity index (χ2v) is 28.5. The first-order chi connectivity index (χ1) is 30.6. The number of carbonyl (C=O) groups excluding carboxylic acids is 2. The van der Waals surface area contributed by atoms with E-state index in [-0.39, 0.29) is 34.7 Å². The van der Waals surface area contributed by atoms with Gasteiger partial charge in [-0.25, -0.2) is 39.5 Å². The Balaban J connectivity index is 0.000000143.